The summed E-state index contributed by atoms with van der Waals surface area (Å²) in [5.41, 5.74) is 0. The van der Waals surface area contributed by atoms with Gasteiger partial charge in [0.2, 0.25) is 0 Å². The van der Waals surface area contributed by atoms with Crippen LogP contribution in [0.4, 0.5) is 0 Å². The summed E-state index contributed by atoms with van der Waals surface area (Å²) < 4.78 is 5.54. The molecule has 0 amide bonds. The Kier molecular flexibility index (Phi) is 5.77. The van der Waals surface area contributed by atoms with Gasteiger partial charge in [0.15, 0.2) is 0 Å². The topological polar surface area (TPSA) is 19.0 Å². The highest BCUT2D eigenvalue weighted by Crippen LogP contribution is 2.29. The Labute approximate surface area is 136 Å². The Hall–Kier alpha value is -0.160. The minimum absolute atomic E-state index is 0.601. The van der Waals surface area contributed by atoms with Crippen LogP contribution in [0, 0.1) is 11.8 Å². The van der Waals surface area contributed by atoms with Gasteiger partial charge in [0.1, 0.15) is 0 Å². The first kappa shape index (κ1) is 16.7. The minimum Gasteiger partial charge on any atom is -0.383 e. The molecule has 4 heteroatoms. The molecule has 0 radical (unpaired) electrons. The summed E-state index contributed by atoms with van der Waals surface area (Å²) >= 11 is 0. The molecule has 0 N–H and O–H groups in total. The molecule has 3 fully saturated rings. The van der Waals surface area contributed by atoms with E-state index >= 15 is 0 Å². The lowest BCUT2D eigenvalue weighted by molar-refractivity contribution is -0.0206. The van der Waals surface area contributed by atoms with Crippen LogP contribution >= 0.6 is 0 Å². The molecule has 0 aromatic rings. The zero-order chi connectivity index (χ0) is 15.5. The molecule has 128 valence electrons. The van der Waals surface area contributed by atoms with Gasteiger partial charge < -0.3 is 9.64 Å². The molecule has 0 aromatic heterocycles. The highest BCUT2D eigenvalue weighted by Gasteiger charge is 2.34. The standard InChI is InChI=1S/C18H35N3O/c1-15-4-6-17(7-5-15)21-9-8-20(18(13-21)14-22-3)12-16-10-19(2)11-16/h15-18H,4-14H2,1-3H3. The van der Waals surface area contributed by atoms with Crippen molar-refractivity contribution in [2.75, 3.05) is 60.0 Å². The van der Waals surface area contributed by atoms with E-state index < -0.39 is 0 Å². The van der Waals surface area contributed by atoms with Gasteiger partial charge in [-0.05, 0) is 44.6 Å². The summed E-state index contributed by atoms with van der Waals surface area (Å²) in [6.45, 7) is 10.9. The molecule has 1 unspecified atom stereocenters. The van der Waals surface area contributed by atoms with Gasteiger partial charge in [-0.25, -0.2) is 0 Å². The molecule has 1 saturated carbocycles. The smallest absolute Gasteiger partial charge is 0.0630 e. The maximum Gasteiger partial charge on any atom is 0.0630 e. The number of methoxy groups -OCH3 is 1. The third-order valence-corrected chi connectivity index (χ3v) is 6.13. The molecule has 0 bridgehead atoms. The Morgan fingerprint density at radius 1 is 1.00 bits per heavy atom. The van der Waals surface area contributed by atoms with E-state index in [9.17, 15) is 0 Å². The number of nitrogens with zero attached hydrogens (tertiary/aromatic N) is 3. The number of piperazine rings is 1. The van der Waals surface area contributed by atoms with Crippen molar-refractivity contribution < 1.29 is 4.74 Å². The fourth-order valence-corrected chi connectivity index (χ4v) is 4.72. The summed E-state index contributed by atoms with van der Waals surface area (Å²) in [6.07, 6.45) is 5.67. The van der Waals surface area contributed by atoms with Crippen molar-refractivity contribution in [3.05, 3.63) is 0 Å². The van der Waals surface area contributed by atoms with Gasteiger partial charge in [-0.1, -0.05) is 6.92 Å². The maximum absolute atomic E-state index is 5.54. The van der Waals surface area contributed by atoms with Crippen molar-refractivity contribution in [1.29, 1.82) is 0 Å². The van der Waals surface area contributed by atoms with E-state index in [0.717, 1.165) is 24.5 Å². The third-order valence-electron chi connectivity index (χ3n) is 6.13. The molecule has 3 aliphatic rings. The van der Waals surface area contributed by atoms with Crippen LogP contribution in [0.15, 0.2) is 0 Å². The third kappa shape index (κ3) is 4.02. The predicted octanol–water partition coefficient (Wildman–Crippen LogP) is 1.76. The van der Waals surface area contributed by atoms with Crippen LogP contribution in [0.3, 0.4) is 0 Å². The molecule has 3 rings (SSSR count). The lowest BCUT2D eigenvalue weighted by atomic mass is 9.86. The zero-order valence-electron chi connectivity index (χ0n) is 14.8. The van der Waals surface area contributed by atoms with Crippen molar-refractivity contribution >= 4 is 0 Å². The number of ether oxygens (including phenoxy) is 1. The lowest BCUT2D eigenvalue weighted by Crippen LogP contribution is -2.60. The summed E-state index contributed by atoms with van der Waals surface area (Å²) in [4.78, 5) is 7.91. The van der Waals surface area contributed by atoms with Crippen molar-refractivity contribution in [2.24, 2.45) is 11.8 Å². The molecular weight excluding hydrogens is 274 g/mol. The van der Waals surface area contributed by atoms with E-state index in [1.54, 1.807) is 0 Å². The molecule has 22 heavy (non-hydrogen) atoms. The Morgan fingerprint density at radius 3 is 2.36 bits per heavy atom. The second-order valence-corrected chi connectivity index (χ2v) is 8.10. The number of rotatable bonds is 5. The van der Waals surface area contributed by atoms with Crippen LogP contribution in [0.25, 0.3) is 0 Å². The molecule has 4 nitrogen and oxygen atoms in total. The van der Waals surface area contributed by atoms with Crippen molar-refractivity contribution in [2.45, 2.75) is 44.7 Å². The van der Waals surface area contributed by atoms with Crippen LogP contribution in [0.5, 0.6) is 0 Å². The second kappa shape index (κ2) is 7.61. The van der Waals surface area contributed by atoms with Crippen molar-refractivity contribution in [1.82, 2.24) is 14.7 Å². The normalized spacial score (nSPS) is 36.4. The van der Waals surface area contributed by atoms with Gasteiger partial charge >= 0.3 is 0 Å². The largest absolute Gasteiger partial charge is 0.383 e. The molecule has 0 aromatic carbocycles. The molecule has 0 spiro atoms. The van der Waals surface area contributed by atoms with Gasteiger partial charge in [0, 0.05) is 58.5 Å². The van der Waals surface area contributed by atoms with E-state index in [0.29, 0.717) is 6.04 Å². The summed E-state index contributed by atoms with van der Waals surface area (Å²) in [5.74, 6) is 1.83. The quantitative estimate of drug-likeness (QED) is 0.770. The Morgan fingerprint density at radius 2 is 1.73 bits per heavy atom. The monoisotopic (exact) mass is 309 g/mol. The van der Waals surface area contributed by atoms with Gasteiger partial charge in [-0.15, -0.1) is 0 Å². The van der Waals surface area contributed by atoms with E-state index in [1.165, 1.54) is 65.0 Å². The van der Waals surface area contributed by atoms with Crippen LogP contribution in [-0.2, 0) is 4.74 Å². The second-order valence-electron chi connectivity index (χ2n) is 8.10. The van der Waals surface area contributed by atoms with Gasteiger partial charge in [-0.2, -0.15) is 0 Å². The summed E-state index contributed by atoms with van der Waals surface area (Å²) in [5, 5.41) is 0. The maximum atomic E-state index is 5.54. The molecule has 2 aliphatic heterocycles. The highest BCUT2D eigenvalue weighted by atomic mass is 16.5. The van der Waals surface area contributed by atoms with Crippen LogP contribution < -0.4 is 0 Å². The average molecular weight is 309 g/mol. The predicted molar refractivity (Wildman–Crippen MR) is 91.2 cm³/mol. The van der Waals surface area contributed by atoms with Crippen molar-refractivity contribution in [3.63, 3.8) is 0 Å². The van der Waals surface area contributed by atoms with E-state index in [-0.39, 0.29) is 0 Å². The molecule has 1 aliphatic carbocycles. The first-order chi connectivity index (χ1) is 10.7. The fourth-order valence-electron chi connectivity index (χ4n) is 4.72. The van der Waals surface area contributed by atoms with Gasteiger partial charge in [0.05, 0.1) is 6.61 Å². The summed E-state index contributed by atoms with van der Waals surface area (Å²) in [6, 6.07) is 1.44. The molecular formula is C18H35N3O. The first-order valence-corrected chi connectivity index (χ1v) is 9.31. The van der Waals surface area contributed by atoms with Crippen LogP contribution in [-0.4, -0.2) is 86.8 Å². The average Bonchev–Trinajstić information content (AvgIpc) is 2.48. The first-order valence-electron chi connectivity index (χ1n) is 9.31. The van der Waals surface area contributed by atoms with E-state index in [1.807, 2.05) is 7.11 Å². The molecule has 1 atom stereocenters. The molecule has 2 saturated heterocycles. The number of hydrogen-bond donors (Lipinski definition) is 0. The minimum atomic E-state index is 0.601. The van der Waals surface area contributed by atoms with E-state index in [4.69, 9.17) is 4.74 Å². The zero-order valence-corrected chi connectivity index (χ0v) is 14.8. The van der Waals surface area contributed by atoms with Crippen LogP contribution in [0.1, 0.15) is 32.6 Å². The van der Waals surface area contributed by atoms with Gasteiger partial charge in [0.25, 0.3) is 0 Å². The fraction of sp³-hybridized carbons (Fsp3) is 1.00. The number of likely N-dealkylation sites (tertiary alicyclic amines) is 1. The Balaban J connectivity index is 1.51. The van der Waals surface area contributed by atoms with Gasteiger partial charge in [-0.3, -0.25) is 9.80 Å². The van der Waals surface area contributed by atoms with Crippen LogP contribution in [0.2, 0.25) is 0 Å². The van der Waals surface area contributed by atoms with Crippen molar-refractivity contribution in [3.8, 4) is 0 Å². The SMILES string of the molecule is COCC1CN(C2CCC(C)CC2)CCN1CC1CN(C)C1. The highest BCUT2D eigenvalue weighted by molar-refractivity contribution is 4.90. The number of hydrogen-bond acceptors (Lipinski definition) is 4. The Bertz CT molecular complexity index is 337. The lowest BCUT2D eigenvalue weighted by Gasteiger charge is -2.48. The van der Waals surface area contributed by atoms with E-state index in [2.05, 4.69) is 28.7 Å². The molecule has 2 heterocycles. The summed E-state index contributed by atoms with van der Waals surface area (Å²) in [7, 11) is 4.09.